The molecule has 126 valence electrons. The Labute approximate surface area is 131 Å². The van der Waals surface area contributed by atoms with Crippen molar-refractivity contribution in [1.82, 2.24) is 0 Å². The maximum absolute atomic E-state index is 11.5. The first-order valence-corrected chi connectivity index (χ1v) is 7.59. The topological polar surface area (TPSA) is 63.2 Å². The van der Waals surface area contributed by atoms with Crippen molar-refractivity contribution in [2.24, 2.45) is 0 Å². The van der Waals surface area contributed by atoms with Crippen LogP contribution < -0.4 is 0 Å². The molecule has 2 heterocycles. The third-order valence-corrected chi connectivity index (χ3v) is 3.64. The Hall–Kier alpha value is -0.950. The standard InChI is InChI=1S/C16H26O6/c1-7-8-11-14(22-16(5,6)20-11)13(19-10(2)17)12-9-18-15(3,4)21-12/h7,11-14H,1,8-9H2,2-6H3/t11-,12+,13+,14+/m0/s1. The normalized spacial score (nSPS) is 34.3. The smallest absolute Gasteiger partial charge is 0.303 e. The van der Waals surface area contributed by atoms with E-state index in [9.17, 15) is 4.79 Å². The summed E-state index contributed by atoms with van der Waals surface area (Å²) in [5, 5.41) is 0. The third-order valence-electron chi connectivity index (χ3n) is 3.64. The van der Waals surface area contributed by atoms with Gasteiger partial charge in [0.15, 0.2) is 17.7 Å². The molecular weight excluding hydrogens is 288 g/mol. The molecule has 0 aromatic carbocycles. The number of carbonyl (C=O) groups is 1. The lowest BCUT2D eigenvalue weighted by atomic mass is 10.0. The highest BCUT2D eigenvalue weighted by molar-refractivity contribution is 5.66. The molecule has 0 aliphatic carbocycles. The van der Waals surface area contributed by atoms with Crippen molar-refractivity contribution in [2.75, 3.05) is 6.61 Å². The molecule has 2 saturated heterocycles. The second-order valence-corrected chi connectivity index (χ2v) is 6.60. The predicted molar refractivity (Wildman–Crippen MR) is 79.1 cm³/mol. The van der Waals surface area contributed by atoms with E-state index in [2.05, 4.69) is 6.58 Å². The number of rotatable bonds is 5. The highest BCUT2D eigenvalue weighted by Gasteiger charge is 2.51. The Morgan fingerprint density at radius 3 is 2.45 bits per heavy atom. The molecule has 0 unspecified atom stereocenters. The van der Waals surface area contributed by atoms with E-state index in [1.807, 2.05) is 27.7 Å². The number of carbonyl (C=O) groups excluding carboxylic acids is 1. The lowest BCUT2D eigenvalue weighted by molar-refractivity contribution is -0.193. The van der Waals surface area contributed by atoms with E-state index in [-0.39, 0.29) is 12.1 Å². The summed E-state index contributed by atoms with van der Waals surface area (Å²) in [6.45, 7) is 12.8. The van der Waals surface area contributed by atoms with Crippen LogP contribution in [0.25, 0.3) is 0 Å². The summed E-state index contributed by atoms with van der Waals surface area (Å²) < 4.78 is 28.8. The molecule has 0 saturated carbocycles. The first-order valence-electron chi connectivity index (χ1n) is 7.59. The Balaban J connectivity index is 2.20. The van der Waals surface area contributed by atoms with Crippen LogP contribution in [0.1, 0.15) is 41.0 Å². The second-order valence-electron chi connectivity index (χ2n) is 6.60. The fourth-order valence-corrected chi connectivity index (χ4v) is 2.91. The van der Waals surface area contributed by atoms with Crippen molar-refractivity contribution in [3.05, 3.63) is 12.7 Å². The van der Waals surface area contributed by atoms with Gasteiger partial charge >= 0.3 is 5.97 Å². The molecule has 22 heavy (non-hydrogen) atoms. The summed E-state index contributed by atoms with van der Waals surface area (Å²) in [6.07, 6.45) is 0.703. The Morgan fingerprint density at radius 1 is 1.27 bits per heavy atom. The minimum Gasteiger partial charge on any atom is -0.457 e. The molecule has 0 spiro atoms. The molecule has 2 fully saturated rings. The van der Waals surface area contributed by atoms with Crippen molar-refractivity contribution < 1.29 is 28.5 Å². The van der Waals surface area contributed by atoms with Crippen LogP contribution in [0, 0.1) is 0 Å². The molecule has 2 aliphatic heterocycles. The van der Waals surface area contributed by atoms with Crippen molar-refractivity contribution in [2.45, 2.75) is 77.0 Å². The van der Waals surface area contributed by atoms with E-state index in [4.69, 9.17) is 23.7 Å². The van der Waals surface area contributed by atoms with E-state index in [0.717, 1.165) is 0 Å². The molecule has 6 heteroatoms. The van der Waals surface area contributed by atoms with Gasteiger partial charge in [-0.15, -0.1) is 6.58 Å². The minimum atomic E-state index is -0.744. The monoisotopic (exact) mass is 314 g/mol. The summed E-state index contributed by atoms with van der Waals surface area (Å²) >= 11 is 0. The van der Waals surface area contributed by atoms with Crippen LogP contribution in [0.2, 0.25) is 0 Å². The maximum Gasteiger partial charge on any atom is 0.303 e. The highest BCUT2D eigenvalue weighted by Crippen LogP contribution is 2.36. The minimum absolute atomic E-state index is 0.246. The van der Waals surface area contributed by atoms with Crippen LogP contribution in [-0.4, -0.2) is 48.6 Å². The van der Waals surface area contributed by atoms with Crippen LogP contribution in [0.15, 0.2) is 12.7 Å². The summed E-state index contributed by atoms with van der Waals surface area (Å²) in [5.74, 6) is -1.83. The fourth-order valence-electron chi connectivity index (χ4n) is 2.91. The predicted octanol–water partition coefficient (Wildman–Crippen LogP) is 2.17. The zero-order valence-electron chi connectivity index (χ0n) is 14.0. The lowest BCUT2D eigenvalue weighted by Gasteiger charge is -2.30. The molecule has 6 nitrogen and oxygen atoms in total. The average molecular weight is 314 g/mol. The van der Waals surface area contributed by atoms with Crippen molar-refractivity contribution in [3.63, 3.8) is 0 Å². The summed E-state index contributed by atoms with van der Waals surface area (Å²) in [6, 6.07) is 0. The molecule has 0 amide bonds. The van der Waals surface area contributed by atoms with Gasteiger partial charge in [-0.2, -0.15) is 0 Å². The van der Waals surface area contributed by atoms with Gasteiger partial charge in [0, 0.05) is 6.92 Å². The van der Waals surface area contributed by atoms with Crippen LogP contribution in [0.4, 0.5) is 0 Å². The molecule has 0 N–H and O–H groups in total. The van der Waals surface area contributed by atoms with E-state index >= 15 is 0 Å². The van der Waals surface area contributed by atoms with Crippen LogP contribution >= 0.6 is 0 Å². The SMILES string of the molecule is C=CC[C@@H]1OC(C)(C)O[C@H]1[C@H](OC(C)=O)[C@H]1COC(C)(C)O1. The van der Waals surface area contributed by atoms with Gasteiger partial charge in [-0.25, -0.2) is 0 Å². The van der Waals surface area contributed by atoms with Gasteiger partial charge in [-0.3, -0.25) is 4.79 Å². The first kappa shape index (κ1) is 17.4. The lowest BCUT2D eigenvalue weighted by Crippen LogP contribution is -2.47. The van der Waals surface area contributed by atoms with Gasteiger partial charge in [0.05, 0.1) is 12.7 Å². The van der Waals surface area contributed by atoms with Gasteiger partial charge in [0.1, 0.15) is 12.2 Å². The van der Waals surface area contributed by atoms with E-state index in [0.29, 0.717) is 13.0 Å². The first-order chi connectivity index (χ1) is 10.1. The molecule has 2 rings (SSSR count). The van der Waals surface area contributed by atoms with Crippen molar-refractivity contribution >= 4 is 5.97 Å². The van der Waals surface area contributed by atoms with Crippen molar-refractivity contribution in [1.29, 1.82) is 0 Å². The molecular formula is C16H26O6. The zero-order chi connectivity index (χ0) is 16.5. The van der Waals surface area contributed by atoms with Gasteiger partial charge in [-0.1, -0.05) is 6.08 Å². The third kappa shape index (κ3) is 4.07. The van der Waals surface area contributed by atoms with E-state index in [1.165, 1.54) is 6.92 Å². The van der Waals surface area contributed by atoms with Gasteiger partial charge in [0.25, 0.3) is 0 Å². The largest absolute Gasteiger partial charge is 0.457 e. The second kappa shape index (κ2) is 6.28. The van der Waals surface area contributed by atoms with Gasteiger partial charge < -0.3 is 23.7 Å². The summed E-state index contributed by atoms with van der Waals surface area (Å²) in [4.78, 5) is 11.5. The molecule has 2 aliphatic rings. The average Bonchev–Trinajstić information content (AvgIpc) is 2.86. The molecule has 0 radical (unpaired) electrons. The van der Waals surface area contributed by atoms with Crippen molar-refractivity contribution in [3.8, 4) is 0 Å². The number of ether oxygens (including phenoxy) is 5. The molecule has 0 aromatic rings. The van der Waals surface area contributed by atoms with E-state index in [1.54, 1.807) is 6.08 Å². The number of esters is 1. The Morgan fingerprint density at radius 2 is 1.95 bits per heavy atom. The van der Waals surface area contributed by atoms with Gasteiger partial charge in [0.2, 0.25) is 0 Å². The van der Waals surface area contributed by atoms with Crippen LogP contribution in [0.3, 0.4) is 0 Å². The Bertz CT molecular complexity index is 430. The van der Waals surface area contributed by atoms with Gasteiger partial charge in [-0.05, 0) is 34.1 Å². The zero-order valence-corrected chi connectivity index (χ0v) is 14.0. The Kier molecular flexibility index (Phi) is 4.96. The summed E-state index contributed by atoms with van der Waals surface area (Å²) in [5.41, 5.74) is 0. The fraction of sp³-hybridized carbons (Fsp3) is 0.812. The molecule has 0 aromatic heterocycles. The molecule has 0 bridgehead atoms. The summed E-state index contributed by atoms with van der Waals surface area (Å²) in [7, 11) is 0. The maximum atomic E-state index is 11.5. The number of hydrogen-bond acceptors (Lipinski definition) is 6. The van der Waals surface area contributed by atoms with Crippen LogP contribution in [0.5, 0.6) is 0 Å². The van der Waals surface area contributed by atoms with E-state index < -0.39 is 29.9 Å². The quantitative estimate of drug-likeness (QED) is 0.572. The highest BCUT2D eigenvalue weighted by atomic mass is 16.8. The van der Waals surface area contributed by atoms with Crippen LogP contribution in [-0.2, 0) is 28.5 Å². The number of hydrogen-bond donors (Lipinski definition) is 0. The molecule has 4 atom stereocenters.